The average molecular weight is 237 g/mol. The number of hydrogen-bond acceptors (Lipinski definition) is 2. The zero-order valence-electron chi connectivity index (χ0n) is 12.0. The average Bonchev–Trinajstić information content (AvgIpc) is 2.19. The van der Waals surface area contributed by atoms with Crippen molar-refractivity contribution >= 4 is 5.97 Å². The number of carbonyl (C=O) groups is 1. The standard InChI is InChI=1S/C12H23NO2.Na.H/c1-3-13(4-2)12(10-11(14)15)8-6-5-7-9-12;;/h3-10H2,1-2H3,(H,14,15);;/q;+1;-1. The third-order valence-corrected chi connectivity index (χ3v) is 3.70. The summed E-state index contributed by atoms with van der Waals surface area (Å²) in [5.41, 5.74) is -0.0480. The van der Waals surface area contributed by atoms with Crippen LogP contribution in [0.25, 0.3) is 0 Å². The molecule has 0 aromatic rings. The Morgan fingerprint density at radius 1 is 1.25 bits per heavy atom. The van der Waals surface area contributed by atoms with Crippen molar-refractivity contribution in [3.8, 4) is 0 Å². The third kappa shape index (κ3) is 4.02. The maximum absolute atomic E-state index is 11.0. The van der Waals surface area contributed by atoms with Gasteiger partial charge in [0.15, 0.2) is 0 Å². The monoisotopic (exact) mass is 237 g/mol. The number of carboxylic acids is 1. The molecule has 0 aliphatic heterocycles. The van der Waals surface area contributed by atoms with Crippen LogP contribution in [-0.4, -0.2) is 34.6 Å². The normalized spacial score (nSPS) is 19.2. The molecule has 1 N–H and O–H groups in total. The SMILES string of the molecule is CCN(CC)C1(CC(=O)O)CCCCC1.[H-].[Na+]. The number of hydrogen-bond donors (Lipinski definition) is 1. The molecule has 0 saturated heterocycles. The summed E-state index contributed by atoms with van der Waals surface area (Å²) in [5, 5.41) is 9.04. The third-order valence-electron chi connectivity index (χ3n) is 3.70. The van der Waals surface area contributed by atoms with Crippen molar-refractivity contribution in [1.29, 1.82) is 0 Å². The van der Waals surface area contributed by atoms with Crippen molar-refractivity contribution in [2.24, 2.45) is 0 Å². The Morgan fingerprint density at radius 2 is 1.75 bits per heavy atom. The van der Waals surface area contributed by atoms with E-state index in [1.54, 1.807) is 0 Å². The molecular weight excluding hydrogens is 213 g/mol. The molecule has 1 fully saturated rings. The Balaban J connectivity index is 0. The molecule has 90 valence electrons. The summed E-state index contributed by atoms with van der Waals surface area (Å²) in [6, 6.07) is 0. The van der Waals surface area contributed by atoms with Gasteiger partial charge < -0.3 is 6.53 Å². The number of nitrogens with zero attached hydrogens (tertiary/aromatic N) is 1. The fourth-order valence-corrected chi connectivity index (χ4v) is 2.99. The van der Waals surface area contributed by atoms with Gasteiger partial charge in [0, 0.05) is 5.54 Å². The van der Waals surface area contributed by atoms with E-state index >= 15 is 0 Å². The van der Waals surface area contributed by atoms with Gasteiger partial charge in [-0.2, -0.15) is 0 Å². The van der Waals surface area contributed by atoms with Gasteiger partial charge in [-0.15, -0.1) is 0 Å². The van der Waals surface area contributed by atoms with E-state index in [4.69, 9.17) is 5.11 Å². The van der Waals surface area contributed by atoms with Gasteiger partial charge >= 0.3 is 35.5 Å². The fraction of sp³-hybridized carbons (Fsp3) is 0.917. The van der Waals surface area contributed by atoms with Crippen LogP contribution < -0.4 is 29.6 Å². The second-order valence-corrected chi connectivity index (χ2v) is 4.53. The van der Waals surface area contributed by atoms with Crippen LogP contribution in [0.1, 0.15) is 53.8 Å². The van der Waals surface area contributed by atoms with E-state index in [9.17, 15) is 4.79 Å². The molecule has 4 heteroatoms. The molecule has 0 heterocycles. The molecule has 1 saturated carbocycles. The van der Waals surface area contributed by atoms with Gasteiger partial charge in [0.2, 0.25) is 0 Å². The van der Waals surface area contributed by atoms with E-state index in [-0.39, 0.29) is 36.5 Å². The molecule has 1 aliphatic rings. The molecule has 0 bridgehead atoms. The zero-order valence-corrected chi connectivity index (χ0v) is 13.0. The van der Waals surface area contributed by atoms with Crippen molar-refractivity contribution < 1.29 is 40.9 Å². The van der Waals surface area contributed by atoms with Gasteiger partial charge in [0.25, 0.3) is 0 Å². The van der Waals surface area contributed by atoms with Crippen molar-refractivity contribution in [2.75, 3.05) is 13.1 Å². The molecule has 0 radical (unpaired) electrons. The van der Waals surface area contributed by atoms with E-state index in [1.807, 2.05) is 0 Å². The minimum atomic E-state index is -0.649. The Labute approximate surface area is 122 Å². The van der Waals surface area contributed by atoms with E-state index < -0.39 is 5.97 Å². The largest absolute Gasteiger partial charge is 1.00 e. The maximum atomic E-state index is 11.0. The molecular formula is C12H24NNaO2. The van der Waals surface area contributed by atoms with Gasteiger partial charge in [-0.25, -0.2) is 0 Å². The molecule has 16 heavy (non-hydrogen) atoms. The summed E-state index contributed by atoms with van der Waals surface area (Å²) in [4.78, 5) is 13.3. The first-order chi connectivity index (χ1) is 7.14. The second-order valence-electron chi connectivity index (χ2n) is 4.53. The molecule has 0 aromatic carbocycles. The molecule has 0 aromatic heterocycles. The summed E-state index contributed by atoms with van der Waals surface area (Å²) in [5.74, 6) is -0.649. The number of aliphatic carboxylic acids is 1. The zero-order chi connectivity index (χ0) is 11.3. The van der Waals surface area contributed by atoms with E-state index in [0.29, 0.717) is 6.42 Å². The minimum absolute atomic E-state index is 0. The van der Waals surface area contributed by atoms with E-state index in [2.05, 4.69) is 18.7 Å². The molecule has 0 unspecified atom stereocenters. The van der Waals surface area contributed by atoms with Crippen molar-refractivity contribution in [3.63, 3.8) is 0 Å². The molecule has 0 amide bonds. The minimum Gasteiger partial charge on any atom is -1.00 e. The Bertz CT molecular complexity index is 217. The fourth-order valence-electron chi connectivity index (χ4n) is 2.99. The Morgan fingerprint density at radius 3 is 2.12 bits per heavy atom. The van der Waals surface area contributed by atoms with Crippen molar-refractivity contribution in [1.82, 2.24) is 4.90 Å². The quantitative estimate of drug-likeness (QED) is 0.663. The van der Waals surface area contributed by atoms with Crippen LogP contribution in [0.2, 0.25) is 0 Å². The molecule has 1 rings (SSSR count). The Hall–Kier alpha value is 0.430. The van der Waals surface area contributed by atoms with Crippen molar-refractivity contribution in [2.45, 2.75) is 57.9 Å². The number of carboxylic acid groups (broad SMARTS) is 1. The maximum Gasteiger partial charge on any atom is 1.00 e. The summed E-state index contributed by atoms with van der Waals surface area (Å²) >= 11 is 0. The number of rotatable bonds is 5. The van der Waals surface area contributed by atoms with Crippen LogP contribution in [0, 0.1) is 0 Å². The van der Waals surface area contributed by atoms with Crippen LogP contribution in [0.15, 0.2) is 0 Å². The van der Waals surface area contributed by atoms with Gasteiger partial charge in [0.1, 0.15) is 0 Å². The van der Waals surface area contributed by atoms with Crippen LogP contribution in [0.5, 0.6) is 0 Å². The first-order valence-electron chi connectivity index (χ1n) is 6.11. The topological polar surface area (TPSA) is 40.5 Å². The van der Waals surface area contributed by atoms with Gasteiger partial charge in [-0.1, -0.05) is 33.1 Å². The summed E-state index contributed by atoms with van der Waals surface area (Å²) < 4.78 is 0. The van der Waals surface area contributed by atoms with E-state index in [1.165, 1.54) is 19.3 Å². The van der Waals surface area contributed by atoms with Crippen LogP contribution >= 0.6 is 0 Å². The summed E-state index contributed by atoms with van der Waals surface area (Å²) in [7, 11) is 0. The molecule has 0 atom stereocenters. The second kappa shape index (κ2) is 7.70. The molecule has 3 nitrogen and oxygen atoms in total. The van der Waals surface area contributed by atoms with Gasteiger partial charge in [0.05, 0.1) is 6.42 Å². The Kier molecular flexibility index (Phi) is 7.90. The van der Waals surface area contributed by atoms with Crippen LogP contribution in [0.4, 0.5) is 0 Å². The van der Waals surface area contributed by atoms with E-state index in [0.717, 1.165) is 25.9 Å². The first-order valence-corrected chi connectivity index (χ1v) is 6.11. The van der Waals surface area contributed by atoms with Crippen LogP contribution in [0.3, 0.4) is 0 Å². The summed E-state index contributed by atoms with van der Waals surface area (Å²) in [6.45, 7) is 6.18. The van der Waals surface area contributed by atoms with Gasteiger partial charge in [-0.05, 0) is 25.9 Å². The summed E-state index contributed by atoms with van der Waals surface area (Å²) in [6.07, 6.45) is 6.06. The first kappa shape index (κ1) is 16.4. The van der Waals surface area contributed by atoms with Crippen molar-refractivity contribution in [3.05, 3.63) is 0 Å². The van der Waals surface area contributed by atoms with Gasteiger partial charge in [-0.3, -0.25) is 9.69 Å². The van der Waals surface area contributed by atoms with Crippen LogP contribution in [-0.2, 0) is 4.79 Å². The predicted molar refractivity (Wildman–Crippen MR) is 62.1 cm³/mol. The molecule has 0 spiro atoms. The smallest absolute Gasteiger partial charge is 1.00 e. The predicted octanol–water partition coefficient (Wildman–Crippen LogP) is -0.378. The molecule has 1 aliphatic carbocycles.